The van der Waals surface area contributed by atoms with E-state index in [4.69, 9.17) is 0 Å². The molecule has 86 valence electrons. The fourth-order valence-electron chi connectivity index (χ4n) is 1.33. The highest BCUT2D eigenvalue weighted by molar-refractivity contribution is 5.92. The van der Waals surface area contributed by atoms with Crippen LogP contribution >= 0.6 is 0 Å². The molecule has 1 rings (SSSR count). The first kappa shape index (κ1) is 11.8. The van der Waals surface area contributed by atoms with Crippen molar-refractivity contribution in [2.45, 2.75) is 25.0 Å². The minimum absolute atomic E-state index is 0.114. The summed E-state index contributed by atoms with van der Waals surface area (Å²) in [5.41, 5.74) is 5.77. The van der Waals surface area contributed by atoms with Gasteiger partial charge in [0.15, 0.2) is 0 Å². The van der Waals surface area contributed by atoms with E-state index in [1.165, 1.54) is 0 Å². The smallest absolute Gasteiger partial charge is 0.270 e. The van der Waals surface area contributed by atoms with Crippen LogP contribution in [0.5, 0.6) is 0 Å². The zero-order valence-electron chi connectivity index (χ0n) is 9.00. The molecule has 6 heteroatoms. The molecule has 2 unspecified atom stereocenters. The number of aliphatic hydroxyl groups excluding tert-OH is 1. The molecule has 0 saturated heterocycles. The largest absolute Gasteiger partial charge is 0.392 e. The third-order valence-corrected chi connectivity index (χ3v) is 2.35. The van der Waals surface area contributed by atoms with E-state index >= 15 is 0 Å². The van der Waals surface area contributed by atoms with E-state index in [0.29, 0.717) is 5.70 Å². The van der Waals surface area contributed by atoms with Crippen molar-refractivity contribution in [1.29, 1.82) is 0 Å². The Morgan fingerprint density at radius 2 is 2.13 bits per heavy atom. The number of aliphatic hydroxyl groups is 1. The Kier molecular flexibility index (Phi) is 4.38. The fraction of sp³-hybridized carbons (Fsp3) is 0.667. The molecule has 6 nitrogen and oxygen atoms in total. The second-order valence-electron chi connectivity index (χ2n) is 3.45. The van der Waals surface area contributed by atoms with Gasteiger partial charge in [0.1, 0.15) is 5.70 Å². The van der Waals surface area contributed by atoms with Crippen molar-refractivity contribution >= 4 is 5.91 Å². The van der Waals surface area contributed by atoms with Crippen molar-refractivity contribution < 1.29 is 9.90 Å². The normalized spacial score (nSPS) is 25.4. The second kappa shape index (κ2) is 5.57. The highest BCUT2D eigenvalue weighted by Gasteiger charge is 2.30. The first-order chi connectivity index (χ1) is 7.19. The zero-order chi connectivity index (χ0) is 11.3. The monoisotopic (exact) mass is 214 g/mol. The van der Waals surface area contributed by atoms with E-state index in [2.05, 4.69) is 21.5 Å². The van der Waals surface area contributed by atoms with Crippen LogP contribution in [0.4, 0.5) is 0 Å². The van der Waals surface area contributed by atoms with E-state index < -0.39 is 6.10 Å². The van der Waals surface area contributed by atoms with Crippen molar-refractivity contribution in [2.24, 2.45) is 0 Å². The second-order valence-corrected chi connectivity index (χ2v) is 3.45. The van der Waals surface area contributed by atoms with Gasteiger partial charge in [-0.2, -0.15) is 0 Å². The van der Waals surface area contributed by atoms with Crippen LogP contribution in [-0.2, 0) is 4.79 Å². The van der Waals surface area contributed by atoms with E-state index in [-0.39, 0.29) is 11.9 Å². The van der Waals surface area contributed by atoms with Gasteiger partial charge >= 0.3 is 0 Å². The Bertz CT molecular complexity index is 254. The molecule has 0 aromatic carbocycles. The Morgan fingerprint density at radius 3 is 2.53 bits per heavy atom. The molecule has 1 aliphatic rings. The van der Waals surface area contributed by atoms with Gasteiger partial charge in [-0.05, 0) is 12.8 Å². The number of hydrogen-bond acceptors (Lipinski definition) is 5. The molecule has 0 aromatic rings. The molecule has 0 aromatic heterocycles. The summed E-state index contributed by atoms with van der Waals surface area (Å²) in [5.74, 6) is -0.234. The summed E-state index contributed by atoms with van der Waals surface area (Å²) in [6.07, 6.45) is 2.74. The summed E-state index contributed by atoms with van der Waals surface area (Å²) in [6, 6.07) is -0.114. The van der Waals surface area contributed by atoms with Gasteiger partial charge in [0.2, 0.25) is 0 Å². The maximum absolute atomic E-state index is 11.6. The number of hydrazine groups is 1. The molecule has 0 aliphatic heterocycles. The molecule has 5 N–H and O–H groups in total. The quantitative estimate of drug-likeness (QED) is 0.281. The topological polar surface area (TPSA) is 85.4 Å². The Hall–Kier alpha value is -1.27. The van der Waals surface area contributed by atoms with Gasteiger partial charge in [0, 0.05) is 20.3 Å². The lowest BCUT2D eigenvalue weighted by Crippen LogP contribution is -2.52. The number of amides is 1. The molecule has 1 saturated carbocycles. The molecule has 0 bridgehead atoms. The highest BCUT2D eigenvalue weighted by atomic mass is 16.3. The Morgan fingerprint density at radius 1 is 1.40 bits per heavy atom. The Labute approximate surface area is 89.1 Å². The van der Waals surface area contributed by atoms with Gasteiger partial charge in [-0.1, -0.05) is 0 Å². The molecular formula is C9H18N4O2. The van der Waals surface area contributed by atoms with Gasteiger partial charge in [-0.25, -0.2) is 5.43 Å². The first-order valence-corrected chi connectivity index (χ1v) is 4.98. The van der Waals surface area contributed by atoms with Gasteiger partial charge in [0.05, 0.1) is 12.1 Å². The minimum atomic E-state index is -0.403. The molecule has 0 heterocycles. The summed E-state index contributed by atoms with van der Waals surface area (Å²) >= 11 is 0. The number of rotatable bonds is 5. The Balaban J connectivity index is 2.45. The highest BCUT2D eigenvalue weighted by Crippen LogP contribution is 2.19. The molecule has 15 heavy (non-hydrogen) atoms. The summed E-state index contributed by atoms with van der Waals surface area (Å²) in [6.45, 7) is 0. The lowest BCUT2D eigenvalue weighted by molar-refractivity contribution is -0.120. The van der Waals surface area contributed by atoms with Crippen LogP contribution in [0.25, 0.3) is 0 Å². The van der Waals surface area contributed by atoms with Crippen LogP contribution in [0.3, 0.4) is 0 Å². The zero-order valence-corrected chi connectivity index (χ0v) is 9.00. The lowest BCUT2D eigenvalue weighted by atomic mass is 9.89. The molecule has 1 amide bonds. The van der Waals surface area contributed by atoms with Crippen LogP contribution in [0.1, 0.15) is 12.8 Å². The van der Waals surface area contributed by atoms with Crippen molar-refractivity contribution in [3.8, 4) is 0 Å². The molecule has 0 radical (unpaired) electrons. The summed E-state index contributed by atoms with van der Waals surface area (Å²) in [7, 11) is 3.39. The van der Waals surface area contributed by atoms with Gasteiger partial charge in [-0.15, -0.1) is 0 Å². The van der Waals surface area contributed by atoms with Crippen molar-refractivity contribution in [3.63, 3.8) is 0 Å². The number of nitrogens with one attached hydrogen (secondary N) is 4. The van der Waals surface area contributed by atoms with Crippen LogP contribution in [0.2, 0.25) is 0 Å². The van der Waals surface area contributed by atoms with Crippen molar-refractivity contribution in [1.82, 2.24) is 21.5 Å². The molecule has 1 aliphatic carbocycles. The van der Waals surface area contributed by atoms with Crippen LogP contribution in [-0.4, -0.2) is 37.3 Å². The number of hydrogen-bond donors (Lipinski definition) is 5. The average Bonchev–Trinajstić information content (AvgIpc) is 2.23. The van der Waals surface area contributed by atoms with E-state index in [1.807, 2.05) is 0 Å². The summed E-state index contributed by atoms with van der Waals surface area (Å²) < 4.78 is 0. The van der Waals surface area contributed by atoms with Gasteiger partial charge in [-0.3, -0.25) is 4.79 Å². The molecule has 0 spiro atoms. The molecular weight excluding hydrogens is 196 g/mol. The van der Waals surface area contributed by atoms with Crippen LogP contribution in [0, 0.1) is 0 Å². The predicted molar refractivity (Wildman–Crippen MR) is 56.5 cm³/mol. The first-order valence-electron chi connectivity index (χ1n) is 4.98. The number of carbonyl (C=O) groups is 1. The third-order valence-electron chi connectivity index (χ3n) is 2.35. The van der Waals surface area contributed by atoms with Crippen molar-refractivity contribution in [2.75, 3.05) is 14.1 Å². The average molecular weight is 214 g/mol. The standard InChI is InChI=1S/C9H18N4O2/c1-10-5-7(13-11-2)9(15)12-6-3-4-8(6)14/h5-6,8,10-11,13-14H,3-4H2,1-2H3,(H,12,15)/b7-5-. The van der Waals surface area contributed by atoms with Crippen LogP contribution < -0.4 is 21.5 Å². The maximum atomic E-state index is 11.6. The summed E-state index contributed by atoms with van der Waals surface area (Å²) in [5, 5.41) is 14.8. The van der Waals surface area contributed by atoms with Gasteiger partial charge < -0.3 is 21.2 Å². The minimum Gasteiger partial charge on any atom is -0.392 e. The fourth-order valence-corrected chi connectivity index (χ4v) is 1.33. The summed E-state index contributed by atoms with van der Waals surface area (Å²) in [4.78, 5) is 11.6. The van der Waals surface area contributed by atoms with E-state index in [0.717, 1.165) is 12.8 Å². The van der Waals surface area contributed by atoms with Gasteiger partial charge in [0.25, 0.3) is 5.91 Å². The molecule has 2 atom stereocenters. The molecule has 1 fully saturated rings. The predicted octanol–water partition coefficient (Wildman–Crippen LogP) is -1.59. The van der Waals surface area contributed by atoms with Crippen molar-refractivity contribution in [3.05, 3.63) is 11.9 Å². The van der Waals surface area contributed by atoms with E-state index in [1.54, 1.807) is 20.3 Å². The SMILES string of the molecule is CN/C=C(\NNC)C(=O)NC1CCC1O. The van der Waals surface area contributed by atoms with Crippen LogP contribution in [0.15, 0.2) is 11.9 Å². The van der Waals surface area contributed by atoms with E-state index in [9.17, 15) is 9.90 Å². The third kappa shape index (κ3) is 3.10. The maximum Gasteiger partial charge on any atom is 0.270 e. The number of carbonyl (C=O) groups excluding carboxylic acids is 1. The lowest BCUT2D eigenvalue weighted by Gasteiger charge is -2.33.